The smallest absolute Gasteiger partial charge is 0.184 e. The van der Waals surface area contributed by atoms with Crippen molar-refractivity contribution in [1.29, 1.82) is 0 Å². The number of aromatic amines is 1. The molecule has 0 aliphatic heterocycles. The Balaban J connectivity index is 1.23. The summed E-state index contributed by atoms with van der Waals surface area (Å²) in [6, 6.07) is 14.8. The molecule has 0 radical (unpaired) electrons. The Morgan fingerprint density at radius 2 is 2.03 bits per heavy atom. The van der Waals surface area contributed by atoms with E-state index in [0.29, 0.717) is 0 Å². The lowest BCUT2D eigenvalue weighted by molar-refractivity contribution is 0.116. The number of aliphatic hydroxyl groups is 1. The molecule has 2 aromatic carbocycles. The van der Waals surface area contributed by atoms with Crippen LogP contribution < -0.4 is 5.32 Å². The van der Waals surface area contributed by atoms with Crippen LogP contribution in [-0.4, -0.2) is 42.0 Å². The molecule has 0 saturated heterocycles. The SMILES string of the molecule is O[C@@H]1CCCC[C@H]1Nc1nc2ccc(Cn3cnc4cc(-c5ccn[nH]5)ccc43)cc2s1. The average Bonchev–Trinajstić information content (AvgIpc) is 3.55. The minimum atomic E-state index is -0.283. The van der Waals surface area contributed by atoms with Gasteiger partial charge in [0.2, 0.25) is 0 Å². The first-order valence-corrected chi connectivity index (χ1v) is 11.8. The van der Waals surface area contributed by atoms with Crippen LogP contribution in [0.2, 0.25) is 0 Å². The molecule has 3 N–H and O–H groups in total. The van der Waals surface area contributed by atoms with E-state index in [0.717, 1.165) is 69.9 Å². The Bertz CT molecular complexity index is 1370. The maximum absolute atomic E-state index is 10.3. The third-order valence-electron chi connectivity index (χ3n) is 6.28. The Hall–Kier alpha value is -3.23. The lowest BCUT2D eigenvalue weighted by Gasteiger charge is -2.27. The number of nitrogens with one attached hydrogen (secondary N) is 2. The molecule has 5 aromatic rings. The maximum Gasteiger partial charge on any atom is 0.184 e. The van der Waals surface area contributed by atoms with E-state index in [1.165, 1.54) is 5.56 Å². The molecule has 3 aromatic heterocycles. The number of hydrogen-bond acceptors (Lipinski definition) is 6. The standard InChI is InChI=1S/C24H24N6OS/c31-22-4-2-1-3-18(22)27-24-28-19-7-5-15(11-23(19)32-24)13-30-14-25-20-12-16(6-8-21(20)30)17-9-10-26-29-17/h5-12,14,18,22,31H,1-4,13H2,(H,26,29)(H,27,28)/t18-,22-/m1/s1. The number of thiazole rings is 1. The molecule has 1 aliphatic carbocycles. The first-order chi connectivity index (χ1) is 15.7. The predicted octanol–water partition coefficient (Wildman–Crippen LogP) is 4.80. The van der Waals surface area contributed by atoms with E-state index in [1.54, 1.807) is 17.5 Å². The van der Waals surface area contributed by atoms with Gasteiger partial charge in [-0.15, -0.1) is 0 Å². The first kappa shape index (κ1) is 19.5. The van der Waals surface area contributed by atoms with E-state index in [4.69, 9.17) is 4.98 Å². The molecule has 1 fully saturated rings. The summed E-state index contributed by atoms with van der Waals surface area (Å²) < 4.78 is 3.33. The van der Waals surface area contributed by atoms with Gasteiger partial charge < -0.3 is 15.0 Å². The van der Waals surface area contributed by atoms with Crippen LogP contribution in [0, 0.1) is 0 Å². The van der Waals surface area contributed by atoms with E-state index in [-0.39, 0.29) is 12.1 Å². The van der Waals surface area contributed by atoms with Crippen molar-refractivity contribution in [3.8, 4) is 11.3 Å². The van der Waals surface area contributed by atoms with E-state index >= 15 is 0 Å². The summed E-state index contributed by atoms with van der Waals surface area (Å²) in [5.74, 6) is 0. The van der Waals surface area contributed by atoms with Crippen molar-refractivity contribution in [3.05, 3.63) is 60.6 Å². The molecule has 2 atom stereocenters. The van der Waals surface area contributed by atoms with Gasteiger partial charge in [0.15, 0.2) is 5.13 Å². The largest absolute Gasteiger partial charge is 0.391 e. The third kappa shape index (κ3) is 3.65. The van der Waals surface area contributed by atoms with Gasteiger partial charge >= 0.3 is 0 Å². The number of nitrogens with zero attached hydrogens (tertiary/aromatic N) is 4. The molecule has 8 heteroatoms. The number of H-pyrrole nitrogens is 1. The molecule has 0 bridgehead atoms. The molecular weight excluding hydrogens is 420 g/mol. The van der Waals surface area contributed by atoms with Gasteiger partial charge in [0.05, 0.1) is 45.4 Å². The second kappa shape index (κ2) is 8.03. The van der Waals surface area contributed by atoms with Gasteiger partial charge in [0, 0.05) is 18.3 Å². The Morgan fingerprint density at radius 3 is 2.91 bits per heavy atom. The molecule has 6 rings (SSSR count). The topological polar surface area (TPSA) is 91.7 Å². The van der Waals surface area contributed by atoms with Crippen molar-refractivity contribution in [2.75, 3.05) is 5.32 Å². The van der Waals surface area contributed by atoms with Crippen molar-refractivity contribution in [2.45, 2.75) is 44.4 Å². The fraction of sp³-hybridized carbons (Fsp3) is 0.292. The first-order valence-electron chi connectivity index (χ1n) is 11.0. The summed E-state index contributed by atoms with van der Waals surface area (Å²) in [6.45, 7) is 0.748. The van der Waals surface area contributed by atoms with Gasteiger partial charge in [-0.05, 0) is 48.7 Å². The number of imidazole rings is 1. The second-order valence-electron chi connectivity index (χ2n) is 8.47. The number of hydrogen-bond donors (Lipinski definition) is 3. The van der Waals surface area contributed by atoms with Crippen LogP contribution in [0.5, 0.6) is 0 Å². The summed E-state index contributed by atoms with van der Waals surface area (Å²) in [4.78, 5) is 9.34. The fourth-order valence-corrected chi connectivity index (χ4v) is 5.53. The second-order valence-corrected chi connectivity index (χ2v) is 9.50. The third-order valence-corrected chi connectivity index (χ3v) is 7.23. The number of anilines is 1. The number of fused-ring (bicyclic) bond motifs is 2. The monoisotopic (exact) mass is 444 g/mol. The van der Waals surface area contributed by atoms with Crippen LogP contribution in [-0.2, 0) is 6.54 Å². The van der Waals surface area contributed by atoms with Crippen LogP contribution in [0.4, 0.5) is 5.13 Å². The lowest BCUT2D eigenvalue weighted by Crippen LogP contribution is -2.36. The molecule has 32 heavy (non-hydrogen) atoms. The number of aliphatic hydroxyl groups excluding tert-OH is 1. The van der Waals surface area contributed by atoms with Gasteiger partial charge in [-0.2, -0.15) is 5.10 Å². The zero-order valence-electron chi connectivity index (χ0n) is 17.5. The summed E-state index contributed by atoms with van der Waals surface area (Å²) in [6.07, 6.45) is 7.51. The highest BCUT2D eigenvalue weighted by Crippen LogP contribution is 2.30. The van der Waals surface area contributed by atoms with Crippen molar-refractivity contribution in [2.24, 2.45) is 0 Å². The summed E-state index contributed by atoms with van der Waals surface area (Å²) >= 11 is 1.66. The minimum absolute atomic E-state index is 0.104. The quantitative estimate of drug-likeness (QED) is 0.362. The Kier molecular flexibility index (Phi) is 4.88. The number of benzene rings is 2. The highest BCUT2D eigenvalue weighted by atomic mass is 32.1. The lowest BCUT2D eigenvalue weighted by atomic mass is 9.93. The zero-order chi connectivity index (χ0) is 21.5. The molecule has 1 saturated carbocycles. The molecule has 162 valence electrons. The Morgan fingerprint density at radius 1 is 1.09 bits per heavy atom. The highest BCUT2D eigenvalue weighted by Gasteiger charge is 2.23. The van der Waals surface area contributed by atoms with Gasteiger partial charge in [-0.3, -0.25) is 5.10 Å². The van der Waals surface area contributed by atoms with Gasteiger partial charge in [0.1, 0.15) is 0 Å². The maximum atomic E-state index is 10.3. The molecule has 3 heterocycles. The van der Waals surface area contributed by atoms with Gasteiger partial charge in [0.25, 0.3) is 0 Å². The number of rotatable bonds is 5. The fourth-order valence-electron chi connectivity index (χ4n) is 4.54. The van der Waals surface area contributed by atoms with Crippen molar-refractivity contribution in [1.82, 2.24) is 24.7 Å². The molecule has 1 aliphatic rings. The van der Waals surface area contributed by atoms with E-state index in [9.17, 15) is 5.11 Å². The molecule has 0 unspecified atom stereocenters. The summed E-state index contributed by atoms with van der Waals surface area (Å²) in [7, 11) is 0. The van der Waals surface area contributed by atoms with Crippen LogP contribution in [0.1, 0.15) is 31.2 Å². The number of aromatic nitrogens is 5. The Labute approximate surface area is 189 Å². The molecule has 0 spiro atoms. The average molecular weight is 445 g/mol. The van der Waals surface area contributed by atoms with Crippen molar-refractivity contribution >= 4 is 37.7 Å². The van der Waals surface area contributed by atoms with Crippen LogP contribution in [0.15, 0.2) is 55.0 Å². The zero-order valence-corrected chi connectivity index (χ0v) is 18.3. The highest BCUT2D eigenvalue weighted by molar-refractivity contribution is 7.22. The summed E-state index contributed by atoms with van der Waals surface area (Å²) in [5, 5.41) is 21.6. The normalized spacial score (nSPS) is 19.0. The summed E-state index contributed by atoms with van der Waals surface area (Å²) in [5.41, 5.74) is 6.34. The van der Waals surface area contributed by atoms with Crippen LogP contribution in [0.25, 0.3) is 32.5 Å². The van der Waals surface area contributed by atoms with E-state index in [1.807, 2.05) is 12.4 Å². The molecular formula is C24H24N6OS. The van der Waals surface area contributed by atoms with Crippen molar-refractivity contribution in [3.63, 3.8) is 0 Å². The van der Waals surface area contributed by atoms with E-state index in [2.05, 4.69) is 61.5 Å². The molecule has 7 nitrogen and oxygen atoms in total. The van der Waals surface area contributed by atoms with E-state index < -0.39 is 0 Å². The van der Waals surface area contributed by atoms with Crippen molar-refractivity contribution < 1.29 is 5.11 Å². The van der Waals surface area contributed by atoms with Crippen LogP contribution >= 0.6 is 11.3 Å². The predicted molar refractivity (Wildman–Crippen MR) is 128 cm³/mol. The van der Waals surface area contributed by atoms with Gasteiger partial charge in [-0.1, -0.05) is 36.3 Å². The molecule has 0 amide bonds. The van der Waals surface area contributed by atoms with Gasteiger partial charge in [-0.25, -0.2) is 9.97 Å². The van der Waals surface area contributed by atoms with Crippen LogP contribution in [0.3, 0.4) is 0 Å². The minimum Gasteiger partial charge on any atom is -0.391 e.